The van der Waals surface area contributed by atoms with Crippen molar-refractivity contribution in [3.63, 3.8) is 0 Å². The molecule has 0 spiro atoms. The van der Waals surface area contributed by atoms with Gasteiger partial charge in [0, 0.05) is 5.69 Å². The first kappa shape index (κ1) is 16.5. The summed E-state index contributed by atoms with van der Waals surface area (Å²) in [6.45, 7) is 2.00. The minimum Gasteiger partial charge on any atom is -0.480 e. The van der Waals surface area contributed by atoms with Gasteiger partial charge in [-0.25, -0.2) is 17.9 Å². The molecule has 0 saturated carbocycles. The number of unbranched alkanes of at least 4 members (excludes halogenated alkanes) is 1. The Hall–Kier alpha value is -1.60. The first-order valence-electron chi connectivity index (χ1n) is 6.43. The van der Waals surface area contributed by atoms with E-state index in [9.17, 15) is 13.2 Å². The number of benzene rings is 1. The van der Waals surface area contributed by atoms with Gasteiger partial charge in [0.1, 0.15) is 6.04 Å². The summed E-state index contributed by atoms with van der Waals surface area (Å²) < 4.78 is 25.3. The molecule has 1 aromatic rings. The Bertz CT molecular complexity index is 540. The Labute approximate surface area is 119 Å². The van der Waals surface area contributed by atoms with E-state index < -0.39 is 22.0 Å². The quantitative estimate of drug-likeness (QED) is 0.678. The normalized spacial score (nSPS) is 12.9. The number of sulfonamides is 1. The largest absolute Gasteiger partial charge is 0.480 e. The van der Waals surface area contributed by atoms with Crippen molar-refractivity contribution >= 4 is 21.7 Å². The van der Waals surface area contributed by atoms with Crippen molar-refractivity contribution in [3.05, 3.63) is 24.3 Å². The second-order valence-electron chi connectivity index (χ2n) is 4.41. The van der Waals surface area contributed by atoms with Gasteiger partial charge >= 0.3 is 5.97 Å². The van der Waals surface area contributed by atoms with Gasteiger partial charge in [-0.1, -0.05) is 19.8 Å². The summed E-state index contributed by atoms with van der Waals surface area (Å²) >= 11 is 0. The van der Waals surface area contributed by atoms with Crippen LogP contribution in [-0.4, -0.2) is 32.6 Å². The lowest BCUT2D eigenvalue weighted by atomic mass is 10.1. The summed E-state index contributed by atoms with van der Waals surface area (Å²) in [6, 6.07) is 5.33. The van der Waals surface area contributed by atoms with Crippen LogP contribution >= 0.6 is 0 Å². The van der Waals surface area contributed by atoms with Gasteiger partial charge in [0.2, 0.25) is 10.0 Å². The molecule has 0 fully saturated rings. The fourth-order valence-corrected chi connectivity index (χ4v) is 2.45. The van der Waals surface area contributed by atoms with Crippen LogP contribution in [0.1, 0.15) is 26.2 Å². The maximum Gasteiger partial charge on any atom is 0.326 e. The molecule has 0 aliphatic rings. The average molecular weight is 300 g/mol. The van der Waals surface area contributed by atoms with Crippen molar-refractivity contribution < 1.29 is 18.3 Å². The predicted octanol–water partition coefficient (Wildman–Crippen LogP) is 1.65. The number of hydrogen-bond donors (Lipinski definition) is 3. The van der Waals surface area contributed by atoms with E-state index in [1.807, 2.05) is 6.92 Å². The zero-order valence-electron chi connectivity index (χ0n) is 11.6. The fourth-order valence-electron chi connectivity index (χ4n) is 1.71. The van der Waals surface area contributed by atoms with Crippen molar-refractivity contribution in [2.45, 2.75) is 37.1 Å². The summed E-state index contributed by atoms with van der Waals surface area (Å²) in [7, 11) is -2.13. The Morgan fingerprint density at radius 1 is 1.30 bits per heavy atom. The third-order valence-electron chi connectivity index (χ3n) is 2.92. The molecule has 1 aromatic carbocycles. The summed E-state index contributed by atoms with van der Waals surface area (Å²) in [5.74, 6) is -0.912. The molecular formula is C13H20N2O4S. The minimum atomic E-state index is -3.47. The highest BCUT2D eigenvalue weighted by molar-refractivity contribution is 7.89. The van der Waals surface area contributed by atoms with Gasteiger partial charge in [-0.2, -0.15) is 0 Å². The summed E-state index contributed by atoms with van der Waals surface area (Å²) in [5.41, 5.74) is 0.587. The molecule has 20 heavy (non-hydrogen) atoms. The van der Waals surface area contributed by atoms with Gasteiger partial charge in [0.25, 0.3) is 0 Å². The van der Waals surface area contributed by atoms with E-state index in [0.717, 1.165) is 12.8 Å². The number of nitrogens with one attached hydrogen (secondary N) is 2. The number of carboxylic acid groups (broad SMARTS) is 1. The van der Waals surface area contributed by atoms with Crippen LogP contribution in [0.15, 0.2) is 29.2 Å². The van der Waals surface area contributed by atoms with Gasteiger partial charge < -0.3 is 10.4 Å². The number of rotatable bonds is 8. The van der Waals surface area contributed by atoms with E-state index in [1.165, 1.54) is 19.2 Å². The van der Waals surface area contributed by atoms with Crippen LogP contribution in [0, 0.1) is 0 Å². The highest BCUT2D eigenvalue weighted by Crippen LogP contribution is 2.16. The molecule has 112 valence electrons. The fraction of sp³-hybridized carbons (Fsp3) is 0.462. The van der Waals surface area contributed by atoms with Gasteiger partial charge in [0.15, 0.2) is 0 Å². The second-order valence-corrected chi connectivity index (χ2v) is 6.30. The summed E-state index contributed by atoms with van der Waals surface area (Å²) in [5, 5.41) is 12.0. The maximum absolute atomic E-state index is 11.6. The third-order valence-corrected chi connectivity index (χ3v) is 4.35. The van der Waals surface area contributed by atoms with E-state index in [4.69, 9.17) is 5.11 Å². The number of carbonyl (C=O) groups is 1. The Morgan fingerprint density at radius 2 is 1.90 bits per heavy atom. The molecule has 1 atom stereocenters. The number of anilines is 1. The maximum atomic E-state index is 11.6. The second kappa shape index (κ2) is 7.25. The van der Waals surface area contributed by atoms with E-state index >= 15 is 0 Å². The standard InChI is InChI=1S/C13H20N2O4S/c1-3-4-5-12(13(16)17)15-10-6-8-11(9-7-10)20(18,19)14-2/h6-9,12,14-15H,3-5H2,1-2H3,(H,16,17). The van der Waals surface area contributed by atoms with Crippen molar-refractivity contribution in [2.24, 2.45) is 0 Å². The summed E-state index contributed by atoms with van der Waals surface area (Å²) in [4.78, 5) is 11.3. The smallest absolute Gasteiger partial charge is 0.326 e. The first-order valence-corrected chi connectivity index (χ1v) is 7.92. The molecule has 0 aromatic heterocycles. The van der Waals surface area contributed by atoms with Gasteiger partial charge in [0.05, 0.1) is 4.90 Å². The Kier molecular flexibility index (Phi) is 5.97. The molecule has 3 N–H and O–H groups in total. The Morgan fingerprint density at radius 3 is 2.35 bits per heavy atom. The average Bonchev–Trinajstić information content (AvgIpc) is 2.43. The third kappa shape index (κ3) is 4.50. The van der Waals surface area contributed by atoms with Crippen molar-refractivity contribution in [3.8, 4) is 0 Å². The number of hydrogen-bond acceptors (Lipinski definition) is 4. The van der Waals surface area contributed by atoms with E-state index in [-0.39, 0.29) is 4.90 Å². The molecule has 0 aliphatic heterocycles. The van der Waals surface area contributed by atoms with Gasteiger partial charge in [-0.3, -0.25) is 0 Å². The van der Waals surface area contributed by atoms with Crippen LogP contribution in [0.5, 0.6) is 0 Å². The lowest BCUT2D eigenvalue weighted by Gasteiger charge is -2.15. The molecule has 0 aliphatic carbocycles. The zero-order chi connectivity index (χ0) is 15.2. The molecule has 0 heterocycles. The van der Waals surface area contributed by atoms with Gasteiger partial charge in [-0.05, 0) is 37.7 Å². The van der Waals surface area contributed by atoms with Crippen molar-refractivity contribution in [1.29, 1.82) is 0 Å². The van der Waals surface area contributed by atoms with Gasteiger partial charge in [-0.15, -0.1) is 0 Å². The summed E-state index contributed by atoms with van der Waals surface area (Å²) in [6.07, 6.45) is 2.27. The number of aliphatic carboxylic acids is 1. The Balaban J connectivity index is 2.80. The SMILES string of the molecule is CCCCC(Nc1ccc(S(=O)(=O)NC)cc1)C(=O)O. The zero-order valence-corrected chi connectivity index (χ0v) is 12.4. The van der Waals surface area contributed by atoms with Crippen LogP contribution < -0.4 is 10.0 Å². The van der Waals surface area contributed by atoms with Crippen molar-refractivity contribution in [2.75, 3.05) is 12.4 Å². The van der Waals surface area contributed by atoms with Crippen LogP contribution in [0.3, 0.4) is 0 Å². The molecule has 0 radical (unpaired) electrons. The monoisotopic (exact) mass is 300 g/mol. The molecule has 1 unspecified atom stereocenters. The molecule has 0 bridgehead atoms. The number of carboxylic acids is 1. The lowest BCUT2D eigenvalue weighted by Crippen LogP contribution is -2.29. The predicted molar refractivity (Wildman–Crippen MR) is 77.3 cm³/mol. The highest BCUT2D eigenvalue weighted by Gasteiger charge is 2.17. The topological polar surface area (TPSA) is 95.5 Å². The lowest BCUT2D eigenvalue weighted by molar-refractivity contribution is -0.138. The molecule has 7 heteroatoms. The minimum absolute atomic E-state index is 0.144. The molecule has 0 saturated heterocycles. The van der Waals surface area contributed by atoms with Crippen LogP contribution in [0.4, 0.5) is 5.69 Å². The molecular weight excluding hydrogens is 280 g/mol. The molecule has 6 nitrogen and oxygen atoms in total. The van der Waals surface area contributed by atoms with Crippen molar-refractivity contribution in [1.82, 2.24) is 4.72 Å². The molecule has 1 rings (SSSR count). The van der Waals surface area contributed by atoms with E-state index in [1.54, 1.807) is 12.1 Å². The molecule has 0 amide bonds. The van der Waals surface area contributed by atoms with Crippen LogP contribution in [-0.2, 0) is 14.8 Å². The van der Waals surface area contributed by atoms with Crippen LogP contribution in [0.25, 0.3) is 0 Å². The van der Waals surface area contributed by atoms with E-state index in [2.05, 4.69) is 10.0 Å². The highest BCUT2D eigenvalue weighted by atomic mass is 32.2. The van der Waals surface area contributed by atoms with E-state index in [0.29, 0.717) is 12.1 Å². The first-order chi connectivity index (χ1) is 9.40. The van der Waals surface area contributed by atoms with Crippen LogP contribution in [0.2, 0.25) is 0 Å².